The lowest BCUT2D eigenvalue weighted by atomic mass is 10.1. The third-order valence-electron chi connectivity index (χ3n) is 4.74. The molecule has 2 amide bonds. The summed E-state index contributed by atoms with van der Waals surface area (Å²) in [4.78, 5) is 28.3. The van der Waals surface area contributed by atoms with Gasteiger partial charge < -0.3 is 19.9 Å². The van der Waals surface area contributed by atoms with Gasteiger partial charge in [0.05, 0.1) is 18.4 Å². The number of nitrogens with one attached hydrogen (secondary N) is 1. The van der Waals surface area contributed by atoms with Gasteiger partial charge in [-0.3, -0.25) is 0 Å². The number of hydrogen-bond donors (Lipinski definition) is 1. The predicted molar refractivity (Wildman–Crippen MR) is 105 cm³/mol. The van der Waals surface area contributed by atoms with E-state index in [-0.39, 0.29) is 12.0 Å². The molecular formula is C21H25N3O3. The van der Waals surface area contributed by atoms with Crippen molar-refractivity contribution in [2.45, 2.75) is 13.5 Å². The first-order valence-corrected chi connectivity index (χ1v) is 9.09. The monoisotopic (exact) mass is 367 g/mol. The van der Waals surface area contributed by atoms with Gasteiger partial charge in [-0.1, -0.05) is 42.0 Å². The molecule has 1 saturated heterocycles. The molecule has 6 heteroatoms. The van der Waals surface area contributed by atoms with E-state index in [4.69, 9.17) is 4.74 Å². The van der Waals surface area contributed by atoms with Crippen LogP contribution in [0, 0.1) is 6.92 Å². The number of hydrogen-bond acceptors (Lipinski definition) is 4. The van der Waals surface area contributed by atoms with Gasteiger partial charge >= 0.3 is 12.0 Å². The second-order valence-electron chi connectivity index (χ2n) is 6.63. The van der Waals surface area contributed by atoms with E-state index in [1.807, 2.05) is 48.2 Å². The standard InChI is InChI=1S/C21H25N3O3/c1-16-6-5-7-17(14-16)15-22-21(26)24-12-10-23(11-13-24)19-9-4-3-8-18(19)20(25)27-2/h3-9,14H,10-13,15H2,1-2H3,(H,22,26). The molecule has 1 aliphatic rings. The highest BCUT2D eigenvalue weighted by molar-refractivity contribution is 5.95. The topological polar surface area (TPSA) is 61.9 Å². The first kappa shape index (κ1) is 18.8. The summed E-state index contributed by atoms with van der Waals surface area (Å²) in [5, 5.41) is 2.98. The Labute approximate surface area is 159 Å². The van der Waals surface area contributed by atoms with Crippen molar-refractivity contribution < 1.29 is 14.3 Å². The van der Waals surface area contributed by atoms with Gasteiger partial charge in [0.2, 0.25) is 0 Å². The lowest BCUT2D eigenvalue weighted by molar-refractivity contribution is 0.0601. The van der Waals surface area contributed by atoms with Gasteiger partial charge in [0.15, 0.2) is 0 Å². The summed E-state index contributed by atoms with van der Waals surface area (Å²) in [7, 11) is 1.38. The fourth-order valence-corrected chi connectivity index (χ4v) is 3.29. The minimum absolute atomic E-state index is 0.0580. The smallest absolute Gasteiger partial charge is 0.339 e. The summed E-state index contributed by atoms with van der Waals surface area (Å²) in [6.45, 7) is 5.12. The molecule has 1 N–H and O–H groups in total. The van der Waals surface area contributed by atoms with E-state index in [1.165, 1.54) is 12.7 Å². The summed E-state index contributed by atoms with van der Waals surface area (Å²) >= 11 is 0. The van der Waals surface area contributed by atoms with Gasteiger partial charge in [0.25, 0.3) is 0 Å². The second kappa shape index (κ2) is 8.58. The SMILES string of the molecule is COC(=O)c1ccccc1N1CCN(C(=O)NCc2cccc(C)c2)CC1. The average Bonchev–Trinajstić information content (AvgIpc) is 2.71. The number of carbonyl (C=O) groups is 2. The Hall–Kier alpha value is -3.02. The molecule has 1 fully saturated rings. The number of nitrogens with zero attached hydrogens (tertiary/aromatic N) is 2. The van der Waals surface area contributed by atoms with Crippen LogP contribution in [0.25, 0.3) is 0 Å². The highest BCUT2D eigenvalue weighted by atomic mass is 16.5. The van der Waals surface area contributed by atoms with E-state index in [9.17, 15) is 9.59 Å². The molecule has 0 radical (unpaired) electrons. The van der Waals surface area contributed by atoms with Crippen LogP contribution >= 0.6 is 0 Å². The van der Waals surface area contributed by atoms with E-state index in [0.717, 1.165) is 11.3 Å². The molecule has 142 valence electrons. The molecule has 3 rings (SSSR count). The maximum Gasteiger partial charge on any atom is 0.339 e. The Morgan fingerprint density at radius 2 is 1.78 bits per heavy atom. The Balaban J connectivity index is 1.56. The average molecular weight is 367 g/mol. The van der Waals surface area contributed by atoms with Gasteiger partial charge in [-0.25, -0.2) is 9.59 Å². The van der Waals surface area contributed by atoms with Crippen LogP contribution < -0.4 is 10.2 Å². The number of aryl methyl sites for hydroxylation is 1. The molecule has 0 saturated carbocycles. The largest absolute Gasteiger partial charge is 0.465 e. The highest BCUT2D eigenvalue weighted by Crippen LogP contribution is 2.22. The molecule has 2 aromatic carbocycles. The van der Waals surface area contributed by atoms with E-state index in [2.05, 4.69) is 16.3 Å². The van der Waals surface area contributed by atoms with Crippen molar-refractivity contribution in [3.05, 3.63) is 65.2 Å². The molecule has 1 aliphatic heterocycles. The third-order valence-corrected chi connectivity index (χ3v) is 4.74. The van der Waals surface area contributed by atoms with Crippen molar-refractivity contribution in [1.29, 1.82) is 0 Å². The van der Waals surface area contributed by atoms with E-state index >= 15 is 0 Å². The van der Waals surface area contributed by atoms with Crippen LogP contribution in [0.2, 0.25) is 0 Å². The maximum atomic E-state index is 12.4. The molecule has 6 nitrogen and oxygen atoms in total. The van der Waals surface area contributed by atoms with E-state index < -0.39 is 0 Å². The zero-order chi connectivity index (χ0) is 19.2. The number of piperazine rings is 1. The van der Waals surface area contributed by atoms with Crippen molar-refractivity contribution >= 4 is 17.7 Å². The number of anilines is 1. The molecule has 2 aromatic rings. The predicted octanol–water partition coefficient (Wildman–Crippen LogP) is 2.81. The number of amides is 2. The van der Waals surface area contributed by atoms with Gasteiger partial charge in [-0.15, -0.1) is 0 Å². The minimum atomic E-state index is -0.344. The fraction of sp³-hybridized carbons (Fsp3) is 0.333. The van der Waals surface area contributed by atoms with Gasteiger partial charge in [-0.05, 0) is 24.6 Å². The molecule has 0 unspecified atom stereocenters. The molecule has 0 atom stereocenters. The van der Waals surface area contributed by atoms with Crippen LogP contribution in [0.4, 0.5) is 10.5 Å². The fourth-order valence-electron chi connectivity index (χ4n) is 3.29. The first-order chi connectivity index (χ1) is 13.1. The number of esters is 1. The number of rotatable bonds is 4. The summed E-state index contributed by atoms with van der Waals surface area (Å²) in [5.74, 6) is -0.344. The van der Waals surface area contributed by atoms with Crippen LogP contribution in [0.3, 0.4) is 0 Å². The normalized spacial score (nSPS) is 14.0. The first-order valence-electron chi connectivity index (χ1n) is 9.09. The number of benzene rings is 2. The summed E-state index contributed by atoms with van der Waals surface area (Å²) in [6, 6.07) is 15.5. The zero-order valence-electron chi connectivity index (χ0n) is 15.8. The van der Waals surface area contributed by atoms with Crippen LogP contribution in [-0.4, -0.2) is 50.2 Å². The molecular weight excluding hydrogens is 342 g/mol. The number of methoxy groups -OCH3 is 1. The second-order valence-corrected chi connectivity index (χ2v) is 6.63. The lowest BCUT2D eigenvalue weighted by Gasteiger charge is -2.36. The van der Waals surface area contributed by atoms with Crippen molar-refractivity contribution in [1.82, 2.24) is 10.2 Å². The highest BCUT2D eigenvalue weighted by Gasteiger charge is 2.24. The van der Waals surface area contributed by atoms with Gasteiger partial charge in [-0.2, -0.15) is 0 Å². The molecule has 0 spiro atoms. The number of para-hydroxylation sites is 1. The van der Waals surface area contributed by atoms with E-state index in [1.54, 1.807) is 6.07 Å². The van der Waals surface area contributed by atoms with Crippen LogP contribution in [0.15, 0.2) is 48.5 Å². The summed E-state index contributed by atoms with van der Waals surface area (Å²) < 4.78 is 4.87. The number of ether oxygens (including phenoxy) is 1. The van der Waals surface area contributed by atoms with Gasteiger partial charge in [0, 0.05) is 32.7 Å². The Bertz CT molecular complexity index is 814. The lowest BCUT2D eigenvalue weighted by Crippen LogP contribution is -2.52. The van der Waals surface area contributed by atoms with Crippen molar-refractivity contribution in [3.8, 4) is 0 Å². The Morgan fingerprint density at radius 1 is 1.04 bits per heavy atom. The van der Waals surface area contributed by atoms with Gasteiger partial charge in [0.1, 0.15) is 0 Å². The maximum absolute atomic E-state index is 12.4. The zero-order valence-corrected chi connectivity index (χ0v) is 15.8. The molecule has 1 heterocycles. The van der Waals surface area contributed by atoms with Crippen molar-refractivity contribution in [2.75, 3.05) is 38.2 Å². The molecule has 0 aromatic heterocycles. The Morgan fingerprint density at radius 3 is 2.48 bits per heavy atom. The van der Waals surface area contributed by atoms with Crippen LogP contribution in [0.5, 0.6) is 0 Å². The molecule has 0 bridgehead atoms. The molecule has 27 heavy (non-hydrogen) atoms. The van der Waals surface area contributed by atoms with E-state index in [0.29, 0.717) is 38.3 Å². The van der Waals surface area contributed by atoms with Crippen LogP contribution in [-0.2, 0) is 11.3 Å². The van der Waals surface area contributed by atoms with Crippen molar-refractivity contribution in [3.63, 3.8) is 0 Å². The third kappa shape index (κ3) is 4.58. The Kier molecular flexibility index (Phi) is 5.96. The number of urea groups is 1. The minimum Gasteiger partial charge on any atom is -0.465 e. The quantitative estimate of drug-likeness (QED) is 0.844. The van der Waals surface area contributed by atoms with Crippen LogP contribution in [0.1, 0.15) is 21.5 Å². The number of carbonyl (C=O) groups excluding carboxylic acids is 2. The molecule has 0 aliphatic carbocycles. The summed E-state index contributed by atoms with van der Waals surface area (Å²) in [5.41, 5.74) is 3.68. The summed E-state index contributed by atoms with van der Waals surface area (Å²) in [6.07, 6.45) is 0. The van der Waals surface area contributed by atoms with Crippen molar-refractivity contribution in [2.24, 2.45) is 0 Å².